The van der Waals surface area contributed by atoms with Crippen molar-refractivity contribution in [2.75, 3.05) is 0 Å². The van der Waals surface area contributed by atoms with Crippen LogP contribution in [0.4, 0.5) is 0 Å². The molecule has 148 valence electrons. The van der Waals surface area contributed by atoms with E-state index in [0.717, 1.165) is 27.9 Å². The molecule has 0 fully saturated rings. The van der Waals surface area contributed by atoms with E-state index in [4.69, 9.17) is 5.73 Å². The molecule has 0 spiro atoms. The Hall–Kier alpha value is -4.02. The Balaban J connectivity index is 1.88. The largest absolute Gasteiger partial charge is 0.325 e. The molecule has 0 aliphatic rings. The number of H-pyrrole nitrogens is 1. The van der Waals surface area contributed by atoms with Crippen LogP contribution in [0.2, 0.25) is 0 Å². The third kappa shape index (κ3) is 3.41. The van der Waals surface area contributed by atoms with E-state index in [2.05, 4.69) is 21.4 Å². The smallest absolute Gasteiger partial charge is 0.272 e. The van der Waals surface area contributed by atoms with E-state index in [1.807, 2.05) is 56.4 Å². The summed E-state index contributed by atoms with van der Waals surface area (Å²) in [7, 11) is 1.83. The van der Waals surface area contributed by atoms with Crippen LogP contribution < -0.4 is 11.3 Å². The van der Waals surface area contributed by atoms with Gasteiger partial charge in [-0.25, -0.2) is 5.10 Å². The summed E-state index contributed by atoms with van der Waals surface area (Å²) < 4.78 is 1.73. The predicted octanol–water partition coefficient (Wildman–Crippen LogP) is 3.15. The fraction of sp³-hybridized carbons (Fsp3) is 0.130. The van der Waals surface area contributed by atoms with E-state index in [1.54, 1.807) is 16.9 Å². The van der Waals surface area contributed by atoms with Gasteiger partial charge in [-0.1, -0.05) is 35.9 Å². The lowest BCUT2D eigenvalue weighted by atomic mass is 9.99. The lowest BCUT2D eigenvalue weighted by Gasteiger charge is -2.07. The van der Waals surface area contributed by atoms with Gasteiger partial charge in [0.05, 0.1) is 34.6 Å². The second kappa shape index (κ2) is 7.78. The molecule has 7 nitrogen and oxygen atoms in total. The average molecular weight is 396 g/mol. The topological polar surface area (TPSA) is 113 Å². The number of hydrogen-bond acceptors (Lipinski definition) is 5. The van der Waals surface area contributed by atoms with E-state index < -0.39 is 0 Å². The minimum Gasteiger partial charge on any atom is -0.325 e. The van der Waals surface area contributed by atoms with Crippen LogP contribution >= 0.6 is 0 Å². The van der Waals surface area contributed by atoms with Gasteiger partial charge in [0.2, 0.25) is 0 Å². The number of rotatable bonds is 4. The molecule has 0 saturated carbocycles. The first-order chi connectivity index (χ1) is 14.5. The van der Waals surface area contributed by atoms with Gasteiger partial charge in [0.1, 0.15) is 0 Å². The highest BCUT2D eigenvalue weighted by molar-refractivity contribution is 5.94. The van der Waals surface area contributed by atoms with Gasteiger partial charge in [0.15, 0.2) is 0 Å². The van der Waals surface area contributed by atoms with Gasteiger partial charge in [-0.2, -0.15) is 15.5 Å². The SMILES string of the molecule is Cc1ccc(/C(C#N)=C/c2c(-c3ccc4c(=O)[nH]nc(CN)c4c3)cnn2C)cc1. The Kier molecular flexibility index (Phi) is 5.00. The molecule has 0 radical (unpaired) electrons. The molecule has 2 aromatic carbocycles. The monoisotopic (exact) mass is 396 g/mol. The first-order valence-electron chi connectivity index (χ1n) is 9.44. The van der Waals surface area contributed by atoms with Crippen LogP contribution in [0.5, 0.6) is 0 Å². The van der Waals surface area contributed by atoms with E-state index in [0.29, 0.717) is 22.0 Å². The molecule has 4 rings (SSSR count). The maximum atomic E-state index is 12.1. The summed E-state index contributed by atoms with van der Waals surface area (Å²) in [5, 5.41) is 21.9. The fourth-order valence-corrected chi connectivity index (χ4v) is 3.43. The highest BCUT2D eigenvalue weighted by Gasteiger charge is 2.13. The number of aromatic nitrogens is 4. The molecule has 0 aliphatic carbocycles. The van der Waals surface area contributed by atoms with Crippen molar-refractivity contribution in [1.29, 1.82) is 5.26 Å². The van der Waals surface area contributed by atoms with Crippen molar-refractivity contribution in [1.82, 2.24) is 20.0 Å². The molecule has 0 amide bonds. The molecule has 30 heavy (non-hydrogen) atoms. The Labute approximate surface area is 173 Å². The van der Waals surface area contributed by atoms with Gasteiger partial charge in [-0.15, -0.1) is 0 Å². The van der Waals surface area contributed by atoms with E-state index >= 15 is 0 Å². The standard InChI is InChI=1S/C23H20N6O/c1-14-3-5-15(6-4-14)17(11-24)10-22-20(13-26-29(22)2)16-7-8-18-19(9-16)21(12-25)27-28-23(18)30/h3-10,13H,12,25H2,1-2H3,(H,28,30)/b17-10+. The normalized spacial score (nSPS) is 11.6. The number of benzene rings is 2. The predicted molar refractivity (Wildman–Crippen MR) is 117 cm³/mol. The number of nitrogens with one attached hydrogen (secondary N) is 1. The summed E-state index contributed by atoms with van der Waals surface area (Å²) in [4.78, 5) is 12.1. The Bertz CT molecular complexity index is 1370. The maximum absolute atomic E-state index is 12.1. The zero-order valence-electron chi connectivity index (χ0n) is 16.7. The lowest BCUT2D eigenvalue weighted by Crippen LogP contribution is -2.13. The molecular formula is C23H20N6O. The summed E-state index contributed by atoms with van der Waals surface area (Å²) in [6.45, 7) is 2.22. The summed E-state index contributed by atoms with van der Waals surface area (Å²) >= 11 is 0. The number of fused-ring (bicyclic) bond motifs is 1. The fourth-order valence-electron chi connectivity index (χ4n) is 3.43. The van der Waals surface area contributed by atoms with Gasteiger partial charge in [-0.3, -0.25) is 9.48 Å². The molecule has 0 unspecified atom stereocenters. The van der Waals surface area contributed by atoms with Crippen LogP contribution in [0, 0.1) is 18.3 Å². The van der Waals surface area contributed by atoms with Gasteiger partial charge < -0.3 is 5.73 Å². The molecule has 0 saturated heterocycles. The Morgan fingerprint density at radius 1 is 1.23 bits per heavy atom. The first-order valence-corrected chi connectivity index (χ1v) is 9.44. The van der Waals surface area contributed by atoms with Crippen molar-refractivity contribution in [2.45, 2.75) is 13.5 Å². The molecule has 0 aliphatic heterocycles. The van der Waals surface area contributed by atoms with Gasteiger partial charge in [0, 0.05) is 24.5 Å². The second-order valence-corrected chi connectivity index (χ2v) is 7.07. The van der Waals surface area contributed by atoms with Crippen molar-refractivity contribution in [3.63, 3.8) is 0 Å². The third-order valence-corrected chi connectivity index (χ3v) is 5.12. The Morgan fingerprint density at radius 2 is 2.00 bits per heavy atom. The van der Waals surface area contributed by atoms with Crippen LogP contribution in [0.25, 0.3) is 33.5 Å². The number of nitriles is 1. The minimum absolute atomic E-state index is 0.211. The van der Waals surface area contributed by atoms with E-state index in [-0.39, 0.29) is 12.1 Å². The van der Waals surface area contributed by atoms with Crippen LogP contribution in [-0.2, 0) is 13.6 Å². The van der Waals surface area contributed by atoms with Crippen molar-refractivity contribution in [3.8, 4) is 17.2 Å². The van der Waals surface area contributed by atoms with Gasteiger partial charge >= 0.3 is 0 Å². The molecule has 2 aromatic heterocycles. The Morgan fingerprint density at radius 3 is 2.70 bits per heavy atom. The van der Waals surface area contributed by atoms with Gasteiger partial charge in [-0.05, 0) is 36.3 Å². The van der Waals surface area contributed by atoms with Crippen molar-refractivity contribution in [3.05, 3.63) is 81.5 Å². The quantitative estimate of drug-likeness (QED) is 0.515. The highest BCUT2D eigenvalue weighted by atomic mass is 16.1. The zero-order chi connectivity index (χ0) is 21.3. The van der Waals surface area contributed by atoms with Crippen LogP contribution in [-0.4, -0.2) is 20.0 Å². The van der Waals surface area contributed by atoms with Crippen LogP contribution in [0.3, 0.4) is 0 Å². The summed E-state index contributed by atoms with van der Waals surface area (Å²) in [5.74, 6) is 0. The van der Waals surface area contributed by atoms with Crippen molar-refractivity contribution >= 4 is 22.4 Å². The number of aromatic amines is 1. The maximum Gasteiger partial charge on any atom is 0.272 e. The molecular weight excluding hydrogens is 376 g/mol. The number of nitrogens with zero attached hydrogens (tertiary/aromatic N) is 4. The molecule has 3 N–H and O–H groups in total. The lowest BCUT2D eigenvalue weighted by molar-refractivity contribution is 0.760. The third-order valence-electron chi connectivity index (χ3n) is 5.12. The van der Waals surface area contributed by atoms with E-state index in [9.17, 15) is 10.1 Å². The van der Waals surface area contributed by atoms with Crippen molar-refractivity contribution < 1.29 is 0 Å². The van der Waals surface area contributed by atoms with E-state index in [1.165, 1.54) is 0 Å². The van der Waals surface area contributed by atoms with Crippen LogP contribution in [0.1, 0.15) is 22.5 Å². The average Bonchev–Trinajstić information content (AvgIpc) is 3.13. The first kappa shape index (κ1) is 19.3. The second-order valence-electron chi connectivity index (χ2n) is 7.07. The molecule has 0 bridgehead atoms. The summed E-state index contributed by atoms with van der Waals surface area (Å²) in [6, 6.07) is 15.6. The molecule has 0 atom stereocenters. The van der Waals surface area contributed by atoms with Crippen molar-refractivity contribution in [2.24, 2.45) is 12.8 Å². The summed E-state index contributed by atoms with van der Waals surface area (Å²) in [6.07, 6.45) is 3.58. The van der Waals surface area contributed by atoms with Gasteiger partial charge in [0.25, 0.3) is 5.56 Å². The molecule has 7 heteroatoms. The number of aryl methyl sites for hydroxylation is 2. The highest BCUT2D eigenvalue weighted by Crippen LogP contribution is 2.29. The molecule has 4 aromatic rings. The zero-order valence-corrected chi connectivity index (χ0v) is 16.7. The van der Waals surface area contributed by atoms with Crippen LogP contribution in [0.15, 0.2) is 53.5 Å². The number of hydrogen-bond donors (Lipinski definition) is 2. The number of nitrogens with two attached hydrogens (primary N) is 1. The number of allylic oxidation sites excluding steroid dienone is 1. The summed E-state index contributed by atoms with van der Waals surface area (Å²) in [5.41, 5.74) is 11.2. The molecule has 2 heterocycles. The minimum atomic E-state index is -0.258.